The van der Waals surface area contributed by atoms with E-state index in [0.29, 0.717) is 18.5 Å². The van der Waals surface area contributed by atoms with Crippen molar-refractivity contribution in [2.75, 3.05) is 13.2 Å². The van der Waals surface area contributed by atoms with Gasteiger partial charge in [0.15, 0.2) is 0 Å². The molecule has 2 heterocycles. The van der Waals surface area contributed by atoms with Gasteiger partial charge in [-0.15, -0.1) is 0 Å². The molecule has 0 unspecified atom stereocenters. The van der Waals surface area contributed by atoms with Gasteiger partial charge in [0, 0.05) is 11.9 Å². The average Bonchev–Trinajstić information content (AvgIpc) is 2.63. The number of hydrogen-bond donors (Lipinski definition) is 0. The van der Waals surface area contributed by atoms with Gasteiger partial charge in [0.25, 0.3) is 5.56 Å². The van der Waals surface area contributed by atoms with Crippen molar-refractivity contribution in [3.63, 3.8) is 0 Å². The molecule has 1 amide bonds. The Bertz CT molecular complexity index is 815. The molecule has 24 heavy (non-hydrogen) atoms. The van der Waals surface area contributed by atoms with Crippen molar-refractivity contribution in [1.29, 1.82) is 0 Å². The molecule has 6 heteroatoms. The molecule has 0 spiro atoms. The Morgan fingerprint density at radius 1 is 1.25 bits per heavy atom. The van der Waals surface area contributed by atoms with Crippen LogP contribution in [0.4, 0.5) is 0 Å². The van der Waals surface area contributed by atoms with Gasteiger partial charge >= 0.3 is 0 Å². The van der Waals surface area contributed by atoms with Crippen molar-refractivity contribution in [3.05, 3.63) is 40.8 Å². The third-order valence-electron chi connectivity index (χ3n) is 5.10. The Morgan fingerprint density at radius 3 is 3.00 bits per heavy atom. The second-order valence-electron chi connectivity index (χ2n) is 6.54. The van der Waals surface area contributed by atoms with E-state index in [4.69, 9.17) is 4.74 Å². The van der Waals surface area contributed by atoms with Gasteiger partial charge in [-0.25, -0.2) is 4.68 Å². The topological polar surface area (TPSA) is 64.4 Å². The second kappa shape index (κ2) is 6.36. The van der Waals surface area contributed by atoms with Crippen molar-refractivity contribution in [2.45, 2.75) is 44.4 Å². The monoisotopic (exact) mass is 327 g/mol. The van der Waals surface area contributed by atoms with E-state index in [1.54, 1.807) is 12.3 Å². The van der Waals surface area contributed by atoms with Crippen LogP contribution in [0.5, 0.6) is 0 Å². The Balaban J connectivity index is 1.57. The summed E-state index contributed by atoms with van der Waals surface area (Å²) in [5, 5.41) is 5.56. The van der Waals surface area contributed by atoms with E-state index in [-0.39, 0.29) is 30.2 Å². The molecule has 1 saturated carbocycles. The normalized spacial score (nSPS) is 23.9. The Kier molecular flexibility index (Phi) is 4.06. The van der Waals surface area contributed by atoms with E-state index >= 15 is 0 Å². The summed E-state index contributed by atoms with van der Waals surface area (Å²) >= 11 is 0. The highest BCUT2D eigenvalue weighted by Gasteiger charge is 2.36. The molecule has 2 aliphatic rings. The van der Waals surface area contributed by atoms with Gasteiger partial charge in [-0.05, 0) is 18.9 Å². The van der Waals surface area contributed by atoms with E-state index < -0.39 is 0 Å². The fourth-order valence-corrected chi connectivity index (χ4v) is 3.87. The molecule has 2 fully saturated rings. The second-order valence-corrected chi connectivity index (χ2v) is 6.54. The van der Waals surface area contributed by atoms with Crippen molar-refractivity contribution >= 4 is 16.7 Å². The quantitative estimate of drug-likeness (QED) is 0.840. The molecule has 1 saturated heterocycles. The van der Waals surface area contributed by atoms with Gasteiger partial charge < -0.3 is 9.64 Å². The molecular weight excluding hydrogens is 306 g/mol. The highest BCUT2D eigenvalue weighted by Crippen LogP contribution is 2.28. The molecule has 2 atom stereocenters. The van der Waals surface area contributed by atoms with Crippen LogP contribution in [-0.4, -0.2) is 45.9 Å². The van der Waals surface area contributed by atoms with E-state index in [9.17, 15) is 9.59 Å². The van der Waals surface area contributed by atoms with Gasteiger partial charge in [0.2, 0.25) is 5.91 Å². The maximum Gasteiger partial charge on any atom is 0.275 e. The van der Waals surface area contributed by atoms with Crippen molar-refractivity contribution in [3.8, 4) is 0 Å². The molecule has 0 bridgehead atoms. The number of carbonyl (C=O) groups is 1. The van der Waals surface area contributed by atoms with E-state index in [0.717, 1.165) is 31.1 Å². The van der Waals surface area contributed by atoms with Crippen molar-refractivity contribution < 1.29 is 9.53 Å². The predicted molar refractivity (Wildman–Crippen MR) is 89.7 cm³/mol. The predicted octanol–water partition coefficient (Wildman–Crippen LogP) is 1.57. The molecular formula is C18H21N3O3. The van der Waals surface area contributed by atoms with Crippen molar-refractivity contribution in [1.82, 2.24) is 14.7 Å². The maximum atomic E-state index is 12.8. The van der Waals surface area contributed by atoms with Crippen LogP contribution in [0.3, 0.4) is 0 Å². The van der Waals surface area contributed by atoms with Crippen LogP contribution in [-0.2, 0) is 16.1 Å². The fraction of sp³-hybridized carbons (Fsp3) is 0.500. The summed E-state index contributed by atoms with van der Waals surface area (Å²) in [4.78, 5) is 27.2. The first-order valence-electron chi connectivity index (χ1n) is 8.60. The lowest BCUT2D eigenvalue weighted by Crippen LogP contribution is -2.55. The number of morpholine rings is 1. The zero-order valence-corrected chi connectivity index (χ0v) is 13.6. The van der Waals surface area contributed by atoms with Crippen LogP contribution < -0.4 is 5.56 Å². The zero-order chi connectivity index (χ0) is 16.5. The van der Waals surface area contributed by atoms with Gasteiger partial charge in [-0.3, -0.25) is 9.59 Å². The zero-order valence-electron chi connectivity index (χ0n) is 13.6. The molecule has 0 radical (unpaired) electrons. The summed E-state index contributed by atoms with van der Waals surface area (Å²) in [6.45, 7) is 1.17. The molecule has 1 aromatic heterocycles. The van der Waals surface area contributed by atoms with Gasteiger partial charge in [-0.1, -0.05) is 31.0 Å². The molecule has 0 N–H and O–H groups in total. The SMILES string of the molecule is O=C(Cn1ncc2ccccc2c1=O)N1CCO[C@H]2CCCC[C@@H]21. The Hall–Kier alpha value is -2.21. The van der Waals surface area contributed by atoms with Crippen LogP contribution in [0.1, 0.15) is 25.7 Å². The summed E-state index contributed by atoms with van der Waals surface area (Å²) in [5.74, 6) is -0.0416. The fourth-order valence-electron chi connectivity index (χ4n) is 3.87. The van der Waals surface area contributed by atoms with E-state index in [2.05, 4.69) is 5.10 Å². The summed E-state index contributed by atoms with van der Waals surface area (Å²) in [5.41, 5.74) is -0.213. The van der Waals surface area contributed by atoms with Gasteiger partial charge in [-0.2, -0.15) is 5.10 Å². The van der Waals surface area contributed by atoms with Crippen LogP contribution in [0.2, 0.25) is 0 Å². The minimum atomic E-state index is -0.213. The summed E-state index contributed by atoms with van der Waals surface area (Å²) in [6.07, 6.45) is 6.08. The highest BCUT2D eigenvalue weighted by atomic mass is 16.5. The van der Waals surface area contributed by atoms with E-state index in [1.807, 2.05) is 23.1 Å². The first-order valence-corrected chi connectivity index (χ1v) is 8.60. The first kappa shape index (κ1) is 15.3. The molecule has 2 aromatic rings. The Labute approximate surface area is 140 Å². The van der Waals surface area contributed by atoms with Crippen LogP contribution in [0, 0.1) is 0 Å². The lowest BCUT2D eigenvalue weighted by atomic mass is 9.90. The van der Waals surface area contributed by atoms with Gasteiger partial charge in [0.1, 0.15) is 6.54 Å². The molecule has 4 rings (SSSR count). The molecule has 1 aromatic carbocycles. The summed E-state index contributed by atoms with van der Waals surface area (Å²) in [7, 11) is 0. The number of hydrogen-bond acceptors (Lipinski definition) is 4. The molecule has 1 aliphatic heterocycles. The lowest BCUT2D eigenvalue weighted by Gasteiger charge is -2.43. The standard InChI is InChI=1S/C18H21N3O3/c22-17(20-9-10-24-16-8-4-3-7-15(16)20)12-21-18(23)14-6-2-1-5-13(14)11-19-21/h1-2,5-6,11,15-16H,3-4,7-10,12H2/t15-,16-/m0/s1. The number of fused-ring (bicyclic) bond motifs is 2. The number of amides is 1. The number of rotatable bonds is 2. The summed E-state index contributed by atoms with van der Waals surface area (Å²) < 4.78 is 7.09. The molecule has 126 valence electrons. The largest absolute Gasteiger partial charge is 0.374 e. The molecule has 6 nitrogen and oxygen atoms in total. The maximum absolute atomic E-state index is 12.8. The number of nitrogens with zero attached hydrogens (tertiary/aromatic N) is 3. The number of benzene rings is 1. The molecule has 1 aliphatic carbocycles. The van der Waals surface area contributed by atoms with Gasteiger partial charge in [0.05, 0.1) is 30.3 Å². The number of aromatic nitrogens is 2. The number of carbonyl (C=O) groups excluding carboxylic acids is 1. The van der Waals surface area contributed by atoms with E-state index in [1.165, 1.54) is 4.68 Å². The third-order valence-corrected chi connectivity index (χ3v) is 5.10. The van der Waals surface area contributed by atoms with Crippen molar-refractivity contribution in [2.24, 2.45) is 0 Å². The summed E-state index contributed by atoms with van der Waals surface area (Å²) in [6, 6.07) is 7.47. The highest BCUT2D eigenvalue weighted by molar-refractivity contribution is 5.81. The Morgan fingerprint density at radius 2 is 2.08 bits per heavy atom. The lowest BCUT2D eigenvalue weighted by molar-refractivity contribution is -0.150. The van der Waals surface area contributed by atoms with Crippen LogP contribution >= 0.6 is 0 Å². The third kappa shape index (κ3) is 2.71. The first-order chi connectivity index (χ1) is 11.7. The van der Waals surface area contributed by atoms with Crippen LogP contribution in [0.15, 0.2) is 35.3 Å². The minimum absolute atomic E-state index is 0.00706. The smallest absolute Gasteiger partial charge is 0.275 e. The van der Waals surface area contributed by atoms with Crippen LogP contribution in [0.25, 0.3) is 10.8 Å². The average molecular weight is 327 g/mol. The minimum Gasteiger partial charge on any atom is -0.374 e. The number of ether oxygens (including phenoxy) is 1.